The first-order valence-corrected chi connectivity index (χ1v) is 10.3. The van der Waals surface area contributed by atoms with Gasteiger partial charge in [-0.05, 0) is 55.1 Å². The molecule has 4 rings (SSSR count). The molecule has 0 unspecified atom stereocenters. The monoisotopic (exact) mass is 503 g/mol. The second-order valence-electron chi connectivity index (χ2n) is 5.67. The smallest absolute Gasteiger partial charge is 0.283 e. The lowest BCUT2D eigenvalue weighted by atomic mass is 10.1. The van der Waals surface area contributed by atoms with Crippen LogP contribution in [0.2, 0.25) is 0 Å². The highest BCUT2D eigenvalue weighted by atomic mass is 79.9. The van der Waals surface area contributed by atoms with E-state index in [9.17, 15) is 9.90 Å². The minimum absolute atomic E-state index is 0.109. The van der Waals surface area contributed by atoms with Crippen LogP contribution in [0.1, 0.15) is 5.56 Å². The van der Waals surface area contributed by atoms with Crippen LogP contribution in [-0.4, -0.2) is 21.0 Å². The van der Waals surface area contributed by atoms with Crippen LogP contribution >= 0.6 is 43.2 Å². The van der Waals surface area contributed by atoms with E-state index in [2.05, 4.69) is 41.9 Å². The Bertz CT molecular complexity index is 1210. The van der Waals surface area contributed by atoms with Gasteiger partial charge >= 0.3 is 0 Å². The van der Waals surface area contributed by atoms with Crippen LogP contribution in [-0.2, 0) is 0 Å². The average molecular weight is 505 g/mol. The lowest BCUT2D eigenvalue weighted by Crippen LogP contribution is -2.16. The molecule has 2 aromatic carbocycles. The quantitative estimate of drug-likeness (QED) is 0.388. The van der Waals surface area contributed by atoms with Gasteiger partial charge in [-0.15, -0.1) is 11.3 Å². The predicted octanol–water partition coefficient (Wildman–Crippen LogP) is 5.24. The molecule has 27 heavy (non-hydrogen) atoms. The zero-order chi connectivity index (χ0) is 19.0. The fraction of sp³-hybridized carbons (Fsp3) is 0. The summed E-state index contributed by atoms with van der Waals surface area (Å²) in [5.41, 5.74) is 2.31. The summed E-state index contributed by atoms with van der Waals surface area (Å²) >= 11 is 7.99. The maximum atomic E-state index is 13.0. The third kappa shape index (κ3) is 3.47. The van der Waals surface area contributed by atoms with E-state index in [0.717, 1.165) is 11.1 Å². The minimum Gasteiger partial charge on any atom is -0.506 e. The van der Waals surface area contributed by atoms with E-state index in [0.29, 0.717) is 24.7 Å². The fourth-order valence-electron chi connectivity index (χ4n) is 2.62. The molecule has 0 fully saturated rings. The molecule has 2 aromatic heterocycles. The molecule has 8 heteroatoms. The number of aromatic nitrogens is 2. The van der Waals surface area contributed by atoms with E-state index >= 15 is 0 Å². The van der Waals surface area contributed by atoms with Crippen LogP contribution in [0, 0.1) is 0 Å². The van der Waals surface area contributed by atoms with Crippen LogP contribution in [0.25, 0.3) is 21.3 Å². The van der Waals surface area contributed by atoms with Gasteiger partial charge in [0.05, 0.1) is 20.5 Å². The number of halogens is 2. The van der Waals surface area contributed by atoms with Crippen molar-refractivity contribution >= 4 is 59.6 Å². The van der Waals surface area contributed by atoms with Crippen molar-refractivity contribution in [2.45, 2.75) is 0 Å². The van der Waals surface area contributed by atoms with Gasteiger partial charge in [0.25, 0.3) is 5.56 Å². The van der Waals surface area contributed by atoms with Crippen molar-refractivity contribution in [1.82, 2.24) is 9.66 Å². The lowest BCUT2D eigenvalue weighted by Gasteiger charge is -2.03. The molecule has 0 aliphatic rings. The van der Waals surface area contributed by atoms with E-state index in [1.807, 2.05) is 35.7 Å². The summed E-state index contributed by atoms with van der Waals surface area (Å²) in [7, 11) is 0. The summed E-state index contributed by atoms with van der Waals surface area (Å²) in [6.07, 6.45) is 2.95. The highest BCUT2D eigenvalue weighted by Gasteiger charge is 2.13. The van der Waals surface area contributed by atoms with Gasteiger partial charge in [-0.3, -0.25) is 4.79 Å². The van der Waals surface area contributed by atoms with E-state index in [1.54, 1.807) is 18.3 Å². The molecule has 0 saturated heterocycles. The van der Waals surface area contributed by atoms with Crippen molar-refractivity contribution in [3.63, 3.8) is 0 Å². The second-order valence-corrected chi connectivity index (χ2v) is 8.23. The Morgan fingerprint density at radius 3 is 2.56 bits per heavy atom. The molecule has 0 atom stereocenters. The van der Waals surface area contributed by atoms with E-state index in [-0.39, 0.29) is 11.3 Å². The predicted molar refractivity (Wildman–Crippen MR) is 116 cm³/mol. The molecule has 0 saturated carbocycles. The van der Waals surface area contributed by atoms with Gasteiger partial charge < -0.3 is 5.11 Å². The highest BCUT2D eigenvalue weighted by molar-refractivity contribution is 9.11. The minimum atomic E-state index is -0.228. The Morgan fingerprint density at radius 1 is 1.15 bits per heavy atom. The van der Waals surface area contributed by atoms with Crippen molar-refractivity contribution in [1.29, 1.82) is 0 Å². The average Bonchev–Trinajstić information content (AvgIpc) is 3.11. The molecule has 0 aliphatic carbocycles. The van der Waals surface area contributed by atoms with Crippen molar-refractivity contribution in [2.24, 2.45) is 5.10 Å². The number of aromatic hydroxyl groups is 1. The summed E-state index contributed by atoms with van der Waals surface area (Å²) in [4.78, 5) is 18.0. The largest absolute Gasteiger partial charge is 0.506 e. The molecule has 134 valence electrons. The van der Waals surface area contributed by atoms with Crippen LogP contribution in [0.5, 0.6) is 5.75 Å². The molecule has 0 amide bonds. The first-order valence-electron chi connectivity index (χ1n) is 7.81. The molecule has 2 heterocycles. The molecule has 4 aromatic rings. The van der Waals surface area contributed by atoms with Crippen molar-refractivity contribution in [3.8, 4) is 16.9 Å². The Labute approximate surface area is 174 Å². The maximum Gasteiger partial charge on any atom is 0.283 e. The Morgan fingerprint density at radius 2 is 1.85 bits per heavy atom. The van der Waals surface area contributed by atoms with Crippen molar-refractivity contribution in [3.05, 3.63) is 79.0 Å². The standard InChI is InChI=1S/C19H11Br2N3O2S/c20-14-6-11(7-15(21)17(14)25)8-23-24-10-22-18-16(19(24)26)13(9-27-18)12-4-2-1-3-5-12/h1-10,25H. The number of phenolic OH excluding ortho intramolecular Hbond substituents is 1. The molecule has 0 bridgehead atoms. The topological polar surface area (TPSA) is 67.5 Å². The zero-order valence-electron chi connectivity index (χ0n) is 13.6. The number of hydrogen-bond donors (Lipinski definition) is 1. The molecule has 0 radical (unpaired) electrons. The third-order valence-electron chi connectivity index (χ3n) is 3.93. The molecular formula is C19H11Br2N3O2S. The highest BCUT2D eigenvalue weighted by Crippen LogP contribution is 2.33. The molecule has 5 nitrogen and oxygen atoms in total. The Kier molecular flexibility index (Phi) is 4.94. The fourth-order valence-corrected chi connectivity index (χ4v) is 4.75. The van der Waals surface area contributed by atoms with Crippen molar-refractivity contribution < 1.29 is 5.11 Å². The number of fused-ring (bicyclic) bond motifs is 1. The first kappa shape index (κ1) is 18.1. The van der Waals surface area contributed by atoms with Crippen LogP contribution < -0.4 is 5.56 Å². The first-order chi connectivity index (χ1) is 13.0. The number of phenols is 1. The van der Waals surface area contributed by atoms with E-state index in [4.69, 9.17) is 0 Å². The van der Waals surface area contributed by atoms with Gasteiger partial charge in [-0.1, -0.05) is 30.3 Å². The lowest BCUT2D eigenvalue weighted by molar-refractivity contribution is 0.468. The SMILES string of the molecule is O=c1c2c(-c3ccccc3)csc2ncn1N=Cc1cc(Br)c(O)c(Br)c1. The Balaban J connectivity index is 1.80. The normalized spacial score (nSPS) is 11.5. The number of thiophene rings is 1. The van der Waals surface area contributed by atoms with Crippen LogP contribution in [0.3, 0.4) is 0 Å². The summed E-state index contributed by atoms with van der Waals surface area (Å²) in [5.74, 6) is 0.109. The van der Waals surface area contributed by atoms with Gasteiger partial charge in [0.15, 0.2) is 0 Å². The maximum absolute atomic E-state index is 13.0. The van der Waals surface area contributed by atoms with Gasteiger partial charge in [0.2, 0.25) is 0 Å². The summed E-state index contributed by atoms with van der Waals surface area (Å²) in [6, 6.07) is 13.2. The van der Waals surface area contributed by atoms with E-state index in [1.165, 1.54) is 22.3 Å². The van der Waals surface area contributed by atoms with Gasteiger partial charge in [0.1, 0.15) is 16.9 Å². The van der Waals surface area contributed by atoms with Gasteiger partial charge in [-0.25, -0.2) is 4.98 Å². The summed E-state index contributed by atoms with van der Waals surface area (Å²) in [5, 5.41) is 16.5. The molecule has 0 spiro atoms. The van der Waals surface area contributed by atoms with Gasteiger partial charge in [-0.2, -0.15) is 9.78 Å². The molecule has 0 aliphatic heterocycles. The van der Waals surface area contributed by atoms with Crippen LogP contribution in [0.4, 0.5) is 0 Å². The van der Waals surface area contributed by atoms with E-state index < -0.39 is 0 Å². The van der Waals surface area contributed by atoms with Gasteiger partial charge in [0, 0.05) is 10.9 Å². The van der Waals surface area contributed by atoms with Crippen molar-refractivity contribution in [2.75, 3.05) is 0 Å². The number of nitrogens with zero attached hydrogens (tertiary/aromatic N) is 3. The number of rotatable bonds is 3. The third-order valence-corrected chi connectivity index (χ3v) is 6.03. The summed E-state index contributed by atoms with van der Waals surface area (Å²) < 4.78 is 2.28. The Hall–Kier alpha value is -2.29. The number of benzene rings is 2. The zero-order valence-corrected chi connectivity index (χ0v) is 17.6. The summed E-state index contributed by atoms with van der Waals surface area (Å²) in [6.45, 7) is 0. The second kappa shape index (κ2) is 7.38. The molecule has 1 N–H and O–H groups in total. The van der Waals surface area contributed by atoms with Crippen LogP contribution in [0.15, 0.2) is 73.0 Å². The number of hydrogen-bond acceptors (Lipinski definition) is 5. The molecular weight excluding hydrogens is 494 g/mol.